The zero-order chi connectivity index (χ0) is 10.1. The van der Waals surface area contributed by atoms with Crippen molar-refractivity contribution in [3.05, 3.63) is 11.1 Å². The van der Waals surface area contributed by atoms with Crippen LogP contribution in [0.4, 0.5) is 0 Å². The Balaban J connectivity index is 3.59. The van der Waals surface area contributed by atoms with Gasteiger partial charge in [-0.15, -0.1) is 0 Å². The average molecular weight is 251 g/mol. The SMILES string of the molecule is C=C(Br)CNC(CCCN)COC. The zero-order valence-corrected chi connectivity index (χ0v) is 9.77. The smallest absolute Gasteiger partial charge is 0.0615 e. The lowest BCUT2D eigenvalue weighted by Crippen LogP contribution is -2.34. The monoisotopic (exact) mass is 250 g/mol. The van der Waals surface area contributed by atoms with Crippen LogP contribution in [0.15, 0.2) is 11.1 Å². The van der Waals surface area contributed by atoms with Gasteiger partial charge in [0, 0.05) is 24.2 Å². The van der Waals surface area contributed by atoms with Crippen molar-refractivity contribution >= 4 is 15.9 Å². The van der Waals surface area contributed by atoms with E-state index < -0.39 is 0 Å². The van der Waals surface area contributed by atoms with Gasteiger partial charge >= 0.3 is 0 Å². The Morgan fingerprint density at radius 1 is 1.69 bits per heavy atom. The quantitative estimate of drug-likeness (QED) is 0.682. The average Bonchev–Trinajstić information content (AvgIpc) is 2.09. The van der Waals surface area contributed by atoms with E-state index in [9.17, 15) is 0 Å². The fourth-order valence-corrected chi connectivity index (χ4v) is 1.23. The van der Waals surface area contributed by atoms with E-state index in [-0.39, 0.29) is 0 Å². The van der Waals surface area contributed by atoms with E-state index in [1.165, 1.54) is 0 Å². The number of nitrogens with two attached hydrogens (primary N) is 1. The van der Waals surface area contributed by atoms with Gasteiger partial charge in [-0.2, -0.15) is 0 Å². The largest absolute Gasteiger partial charge is 0.383 e. The summed E-state index contributed by atoms with van der Waals surface area (Å²) in [5.74, 6) is 0. The van der Waals surface area contributed by atoms with E-state index in [0.717, 1.165) is 37.0 Å². The molecule has 0 aliphatic heterocycles. The maximum absolute atomic E-state index is 5.43. The summed E-state index contributed by atoms with van der Waals surface area (Å²) in [5.41, 5.74) is 5.43. The van der Waals surface area contributed by atoms with E-state index in [4.69, 9.17) is 10.5 Å². The summed E-state index contributed by atoms with van der Waals surface area (Å²) < 4.78 is 6.04. The van der Waals surface area contributed by atoms with Gasteiger partial charge in [-0.05, 0) is 19.4 Å². The Kier molecular flexibility index (Phi) is 8.75. The van der Waals surface area contributed by atoms with Crippen LogP contribution in [0.1, 0.15) is 12.8 Å². The summed E-state index contributed by atoms with van der Waals surface area (Å²) in [5, 5.41) is 3.33. The van der Waals surface area contributed by atoms with Gasteiger partial charge < -0.3 is 15.8 Å². The van der Waals surface area contributed by atoms with Crippen molar-refractivity contribution in [1.29, 1.82) is 0 Å². The Labute approximate surface area is 88.8 Å². The van der Waals surface area contributed by atoms with Crippen LogP contribution in [0.5, 0.6) is 0 Å². The first-order valence-electron chi connectivity index (χ1n) is 4.46. The van der Waals surface area contributed by atoms with Crippen LogP contribution in [0.2, 0.25) is 0 Å². The van der Waals surface area contributed by atoms with Crippen LogP contribution < -0.4 is 11.1 Å². The molecule has 0 saturated heterocycles. The van der Waals surface area contributed by atoms with Gasteiger partial charge in [-0.1, -0.05) is 22.5 Å². The van der Waals surface area contributed by atoms with Crippen molar-refractivity contribution in [3.63, 3.8) is 0 Å². The molecule has 0 aromatic rings. The molecule has 3 nitrogen and oxygen atoms in total. The molecule has 0 amide bonds. The Hall–Kier alpha value is 0.1000. The van der Waals surface area contributed by atoms with Gasteiger partial charge in [0.25, 0.3) is 0 Å². The molecule has 0 aromatic carbocycles. The molecule has 0 saturated carbocycles. The molecule has 1 unspecified atom stereocenters. The number of nitrogens with one attached hydrogen (secondary N) is 1. The lowest BCUT2D eigenvalue weighted by molar-refractivity contribution is 0.163. The van der Waals surface area contributed by atoms with E-state index >= 15 is 0 Å². The molecule has 78 valence electrons. The van der Waals surface area contributed by atoms with Crippen molar-refractivity contribution in [3.8, 4) is 0 Å². The first-order valence-corrected chi connectivity index (χ1v) is 5.25. The standard InChI is InChI=1S/C9H19BrN2O/c1-8(10)6-12-9(7-13-2)4-3-5-11/h9,12H,1,3-7,11H2,2H3. The highest BCUT2D eigenvalue weighted by Crippen LogP contribution is 2.01. The van der Waals surface area contributed by atoms with Gasteiger partial charge in [0.05, 0.1) is 6.61 Å². The second-order valence-corrected chi connectivity index (χ2v) is 4.10. The van der Waals surface area contributed by atoms with Crippen LogP contribution in [-0.2, 0) is 4.74 Å². The summed E-state index contributed by atoms with van der Waals surface area (Å²) in [6.07, 6.45) is 2.07. The van der Waals surface area contributed by atoms with Gasteiger partial charge in [-0.3, -0.25) is 0 Å². The number of hydrogen-bond acceptors (Lipinski definition) is 3. The van der Waals surface area contributed by atoms with Crippen LogP contribution in [-0.4, -0.2) is 32.8 Å². The molecule has 0 heterocycles. The highest BCUT2D eigenvalue weighted by molar-refractivity contribution is 9.11. The number of hydrogen-bond donors (Lipinski definition) is 2. The molecular formula is C9H19BrN2O. The van der Waals surface area contributed by atoms with Crippen LogP contribution in [0, 0.1) is 0 Å². The lowest BCUT2D eigenvalue weighted by atomic mass is 10.1. The molecule has 0 aliphatic rings. The van der Waals surface area contributed by atoms with Crippen LogP contribution >= 0.6 is 15.9 Å². The molecule has 0 rings (SSSR count). The normalized spacial score (nSPS) is 12.8. The highest BCUT2D eigenvalue weighted by Gasteiger charge is 2.06. The summed E-state index contributed by atoms with van der Waals surface area (Å²) in [6, 6.07) is 0.378. The molecule has 0 bridgehead atoms. The van der Waals surface area contributed by atoms with Gasteiger partial charge in [0.15, 0.2) is 0 Å². The fourth-order valence-electron chi connectivity index (χ4n) is 1.06. The third-order valence-electron chi connectivity index (χ3n) is 1.71. The third-order valence-corrected chi connectivity index (χ3v) is 1.99. The van der Waals surface area contributed by atoms with Gasteiger partial charge in [-0.25, -0.2) is 0 Å². The van der Waals surface area contributed by atoms with Crippen molar-refractivity contribution in [2.24, 2.45) is 5.73 Å². The van der Waals surface area contributed by atoms with Gasteiger partial charge in [0.2, 0.25) is 0 Å². The molecule has 0 fully saturated rings. The summed E-state index contributed by atoms with van der Waals surface area (Å²) in [6.45, 7) is 5.99. The van der Waals surface area contributed by atoms with Gasteiger partial charge in [0.1, 0.15) is 0 Å². The second kappa shape index (κ2) is 8.69. The fraction of sp³-hybridized carbons (Fsp3) is 0.778. The Morgan fingerprint density at radius 3 is 2.85 bits per heavy atom. The molecule has 13 heavy (non-hydrogen) atoms. The zero-order valence-electron chi connectivity index (χ0n) is 8.18. The van der Waals surface area contributed by atoms with Crippen molar-refractivity contribution in [2.45, 2.75) is 18.9 Å². The Morgan fingerprint density at radius 2 is 2.38 bits per heavy atom. The Bertz CT molecular complexity index is 142. The topological polar surface area (TPSA) is 47.3 Å². The third kappa shape index (κ3) is 8.43. The molecule has 0 radical (unpaired) electrons. The van der Waals surface area contributed by atoms with E-state index in [1.807, 2.05) is 0 Å². The number of ether oxygens (including phenoxy) is 1. The van der Waals surface area contributed by atoms with Crippen LogP contribution in [0.25, 0.3) is 0 Å². The molecule has 0 spiro atoms. The summed E-state index contributed by atoms with van der Waals surface area (Å²) >= 11 is 3.30. The highest BCUT2D eigenvalue weighted by atomic mass is 79.9. The molecule has 4 heteroatoms. The molecule has 1 atom stereocenters. The minimum atomic E-state index is 0.378. The summed E-state index contributed by atoms with van der Waals surface area (Å²) in [4.78, 5) is 0. The van der Waals surface area contributed by atoms with E-state index in [0.29, 0.717) is 6.04 Å². The first-order chi connectivity index (χ1) is 6.20. The predicted octanol–water partition coefficient (Wildman–Crippen LogP) is 1.24. The minimum Gasteiger partial charge on any atom is -0.383 e. The summed E-state index contributed by atoms with van der Waals surface area (Å²) in [7, 11) is 1.71. The maximum Gasteiger partial charge on any atom is 0.0615 e. The molecular weight excluding hydrogens is 232 g/mol. The van der Waals surface area contributed by atoms with E-state index in [1.54, 1.807) is 7.11 Å². The second-order valence-electron chi connectivity index (χ2n) is 2.98. The molecule has 0 aliphatic carbocycles. The van der Waals surface area contributed by atoms with E-state index in [2.05, 4.69) is 27.8 Å². The van der Waals surface area contributed by atoms with Crippen molar-refractivity contribution in [1.82, 2.24) is 5.32 Å². The first kappa shape index (κ1) is 13.1. The molecule has 0 aromatic heterocycles. The van der Waals surface area contributed by atoms with Crippen molar-refractivity contribution < 1.29 is 4.74 Å². The number of rotatable bonds is 8. The lowest BCUT2D eigenvalue weighted by Gasteiger charge is -2.16. The minimum absolute atomic E-state index is 0.378. The number of halogens is 1. The van der Waals surface area contributed by atoms with Crippen LogP contribution in [0.3, 0.4) is 0 Å². The van der Waals surface area contributed by atoms with Crippen molar-refractivity contribution in [2.75, 3.05) is 26.8 Å². The molecule has 3 N–H and O–H groups in total. The predicted molar refractivity (Wildman–Crippen MR) is 60.0 cm³/mol. The number of methoxy groups -OCH3 is 1. The maximum atomic E-state index is 5.43.